The number of rotatable bonds is 5. The van der Waals surface area contributed by atoms with E-state index in [0.29, 0.717) is 17.3 Å². The Hall–Kier alpha value is -3.52. The molecule has 0 aliphatic heterocycles. The number of hydrogen-bond donors (Lipinski definition) is 0. The molecular weight excluding hydrogens is 405 g/mol. The largest absolute Gasteiger partial charge is 0.437 e. The minimum absolute atomic E-state index is 0.358. The molecule has 0 atom stereocenters. The molecule has 4 aromatic rings. The van der Waals surface area contributed by atoms with Crippen LogP contribution in [0.25, 0.3) is 10.8 Å². The van der Waals surface area contributed by atoms with Crippen molar-refractivity contribution in [2.45, 2.75) is 11.8 Å². The Morgan fingerprint density at radius 1 is 0.867 bits per heavy atom. The van der Waals surface area contributed by atoms with Gasteiger partial charge in [-0.2, -0.15) is 5.10 Å². The summed E-state index contributed by atoms with van der Waals surface area (Å²) in [7, 11) is -2.66. The summed E-state index contributed by atoms with van der Waals surface area (Å²) in [6, 6.07) is 19.3. The molecule has 8 heteroatoms. The molecule has 3 aromatic carbocycles. The van der Waals surface area contributed by atoms with Gasteiger partial charge in [0.15, 0.2) is 0 Å². The van der Waals surface area contributed by atoms with E-state index in [1.807, 2.05) is 31.2 Å². The molecule has 0 aliphatic carbocycles. The molecule has 0 aliphatic rings. The molecule has 1 heterocycles. The molecule has 1 aromatic heterocycles. The van der Waals surface area contributed by atoms with Gasteiger partial charge in [0.2, 0.25) is 5.88 Å². The van der Waals surface area contributed by atoms with E-state index in [9.17, 15) is 12.8 Å². The van der Waals surface area contributed by atoms with Gasteiger partial charge < -0.3 is 4.74 Å². The average molecular weight is 423 g/mol. The van der Waals surface area contributed by atoms with E-state index in [1.54, 1.807) is 24.3 Å². The van der Waals surface area contributed by atoms with Gasteiger partial charge in [-0.1, -0.05) is 30.3 Å². The van der Waals surface area contributed by atoms with Gasteiger partial charge >= 0.3 is 0 Å². The minimum Gasteiger partial charge on any atom is -0.437 e. The summed E-state index contributed by atoms with van der Waals surface area (Å²) in [6.45, 7) is 1.87. The summed E-state index contributed by atoms with van der Waals surface area (Å²) in [6.07, 6.45) is 0. The van der Waals surface area contributed by atoms with Crippen LogP contribution in [0.1, 0.15) is 5.69 Å². The number of halogens is 1. The predicted octanol–water partition coefficient (Wildman–Crippen LogP) is 4.69. The van der Waals surface area contributed by atoms with Crippen molar-refractivity contribution in [3.63, 3.8) is 0 Å². The maximum Gasteiger partial charge on any atom is 0.266 e. The number of sulfonamides is 1. The SMILES string of the molecule is Cc1nnc(Oc2ccc(N(C)S(=O)(=O)c3ccccc3F)cc2)c2ccccc12. The number of fused-ring (bicyclic) bond motifs is 1. The highest BCUT2D eigenvalue weighted by molar-refractivity contribution is 7.92. The lowest BCUT2D eigenvalue weighted by atomic mass is 10.1. The topological polar surface area (TPSA) is 72.4 Å². The van der Waals surface area contributed by atoms with Gasteiger partial charge in [0.25, 0.3) is 10.0 Å². The number of aromatic nitrogens is 2. The predicted molar refractivity (Wildman–Crippen MR) is 113 cm³/mol. The zero-order valence-corrected chi connectivity index (χ0v) is 17.1. The Kier molecular flexibility index (Phi) is 5.09. The van der Waals surface area contributed by atoms with Crippen LogP contribution in [-0.2, 0) is 10.0 Å². The zero-order valence-electron chi connectivity index (χ0n) is 16.3. The van der Waals surface area contributed by atoms with E-state index in [2.05, 4.69) is 10.2 Å². The molecular formula is C22H18FN3O3S. The summed E-state index contributed by atoms with van der Waals surface area (Å²) in [5.41, 5.74) is 1.17. The first-order valence-corrected chi connectivity index (χ1v) is 10.6. The first-order chi connectivity index (χ1) is 14.4. The number of ether oxygens (including phenoxy) is 1. The second-order valence-corrected chi connectivity index (χ2v) is 8.57. The number of nitrogens with zero attached hydrogens (tertiary/aromatic N) is 3. The van der Waals surface area contributed by atoms with E-state index >= 15 is 0 Å². The zero-order chi connectivity index (χ0) is 21.3. The summed E-state index contributed by atoms with van der Waals surface area (Å²) in [4.78, 5) is -0.380. The van der Waals surface area contributed by atoms with Gasteiger partial charge in [-0.25, -0.2) is 12.8 Å². The Bertz CT molecular complexity index is 1330. The minimum atomic E-state index is -4.03. The van der Waals surface area contributed by atoms with Crippen LogP contribution in [0, 0.1) is 12.7 Å². The van der Waals surface area contributed by atoms with Crippen LogP contribution in [0.4, 0.5) is 10.1 Å². The molecule has 4 rings (SSSR count). The monoisotopic (exact) mass is 423 g/mol. The van der Waals surface area contributed by atoms with Crippen LogP contribution in [0.15, 0.2) is 77.7 Å². The van der Waals surface area contributed by atoms with Crippen molar-refractivity contribution < 1.29 is 17.5 Å². The molecule has 30 heavy (non-hydrogen) atoms. The maximum absolute atomic E-state index is 14.0. The fourth-order valence-corrected chi connectivity index (χ4v) is 4.32. The molecule has 0 spiro atoms. The highest BCUT2D eigenvalue weighted by Crippen LogP contribution is 2.30. The summed E-state index contributed by atoms with van der Waals surface area (Å²) in [5, 5.41) is 10.0. The Morgan fingerprint density at radius 2 is 1.50 bits per heavy atom. The van der Waals surface area contributed by atoms with Gasteiger partial charge in [-0.3, -0.25) is 4.31 Å². The van der Waals surface area contributed by atoms with Crippen molar-refractivity contribution in [1.82, 2.24) is 10.2 Å². The van der Waals surface area contributed by atoms with Crippen LogP contribution in [0.5, 0.6) is 11.6 Å². The quantitative estimate of drug-likeness (QED) is 0.465. The number of benzene rings is 3. The van der Waals surface area contributed by atoms with Crippen molar-refractivity contribution in [3.05, 3.63) is 84.3 Å². The normalized spacial score (nSPS) is 11.4. The van der Waals surface area contributed by atoms with E-state index in [4.69, 9.17) is 4.74 Å². The van der Waals surface area contributed by atoms with E-state index < -0.39 is 15.8 Å². The fourth-order valence-electron chi connectivity index (χ4n) is 3.06. The highest BCUT2D eigenvalue weighted by Gasteiger charge is 2.24. The van der Waals surface area contributed by atoms with Gasteiger partial charge in [0.05, 0.1) is 11.4 Å². The highest BCUT2D eigenvalue weighted by atomic mass is 32.2. The third-order valence-corrected chi connectivity index (χ3v) is 6.55. The lowest BCUT2D eigenvalue weighted by Crippen LogP contribution is -2.27. The van der Waals surface area contributed by atoms with Crippen LogP contribution in [0.2, 0.25) is 0 Å². The van der Waals surface area contributed by atoms with Crippen LogP contribution < -0.4 is 9.04 Å². The summed E-state index contributed by atoms with van der Waals surface area (Å²) < 4.78 is 46.4. The van der Waals surface area contributed by atoms with Crippen molar-refractivity contribution in [3.8, 4) is 11.6 Å². The average Bonchev–Trinajstić information content (AvgIpc) is 2.76. The van der Waals surface area contributed by atoms with Gasteiger partial charge in [-0.05, 0) is 49.4 Å². The van der Waals surface area contributed by atoms with Crippen LogP contribution >= 0.6 is 0 Å². The molecule has 0 N–H and O–H groups in total. The van der Waals surface area contributed by atoms with Gasteiger partial charge in [0, 0.05) is 17.8 Å². The van der Waals surface area contributed by atoms with E-state index in [1.165, 1.54) is 25.2 Å². The first-order valence-electron chi connectivity index (χ1n) is 9.11. The smallest absolute Gasteiger partial charge is 0.266 e. The molecule has 0 amide bonds. The number of hydrogen-bond acceptors (Lipinski definition) is 5. The maximum atomic E-state index is 14.0. The van der Waals surface area contributed by atoms with Crippen molar-refractivity contribution in [2.75, 3.05) is 11.4 Å². The van der Waals surface area contributed by atoms with Gasteiger partial charge in [-0.15, -0.1) is 5.10 Å². The standard InChI is InChI=1S/C22H18FN3O3S/c1-15-18-7-3-4-8-19(18)22(25-24-15)29-17-13-11-16(12-14-17)26(2)30(27,28)21-10-6-5-9-20(21)23/h3-14H,1-2H3. The number of anilines is 1. The molecule has 0 saturated carbocycles. The Labute approximate surface area is 173 Å². The summed E-state index contributed by atoms with van der Waals surface area (Å²) in [5.74, 6) is 0.0316. The van der Waals surface area contributed by atoms with Crippen LogP contribution in [-0.4, -0.2) is 25.7 Å². The molecule has 6 nitrogen and oxygen atoms in total. The van der Waals surface area contributed by atoms with Crippen molar-refractivity contribution in [1.29, 1.82) is 0 Å². The van der Waals surface area contributed by atoms with Crippen LogP contribution in [0.3, 0.4) is 0 Å². The van der Waals surface area contributed by atoms with E-state index in [0.717, 1.165) is 26.8 Å². The Morgan fingerprint density at radius 3 is 2.20 bits per heavy atom. The molecule has 0 fully saturated rings. The molecule has 0 radical (unpaired) electrons. The first kappa shape index (κ1) is 19.8. The third kappa shape index (κ3) is 3.57. The lowest BCUT2D eigenvalue weighted by Gasteiger charge is -2.20. The molecule has 0 saturated heterocycles. The van der Waals surface area contributed by atoms with Gasteiger partial charge in [0.1, 0.15) is 16.5 Å². The molecule has 0 bridgehead atoms. The van der Waals surface area contributed by atoms with Crippen molar-refractivity contribution >= 4 is 26.5 Å². The molecule has 152 valence electrons. The summed E-state index contributed by atoms with van der Waals surface area (Å²) >= 11 is 0. The van der Waals surface area contributed by atoms with E-state index in [-0.39, 0.29) is 4.90 Å². The molecule has 0 unspecified atom stereocenters. The second kappa shape index (κ2) is 7.72. The van der Waals surface area contributed by atoms with Crippen molar-refractivity contribution in [2.24, 2.45) is 0 Å². The Balaban J connectivity index is 1.61. The fraction of sp³-hybridized carbons (Fsp3) is 0.0909. The second-order valence-electron chi connectivity index (χ2n) is 6.64. The number of aryl methyl sites for hydroxylation is 1. The lowest BCUT2D eigenvalue weighted by molar-refractivity contribution is 0.461. The third-order valence-electron chi connectivity index (χ3n) is 4.73.